The van der Waals surface area contributed by atoms with Crippen molar-refractivity contribution >= 4 is 16.1 Å². The first-order chi connectivity index (χ1) is 10.8. The Bertz CT molecular complexity index is 794. The van der Waals surface area contributed by atoms with E-state index in [1.807, 2.05) is 0 Å². The molecule has 0 saturated heterocycles. The summed E-state index contributed by atoms with van der Waals surface area (Å²) in [6.45, 7) is 3.38. The zero-order chi connectivity index (χ0) is 17.0. The Kier molecular flexibility index (Phi) is 4.90. The van der Waals surface area contributed by atoms with Crippen LogP contribution in [0, 0.1) is 0 Å². The predicted molar refractivity (Wildman–Crippen MR) is 82.9 cm³/mol. The fourth-order valence-corrected chi connectivity index (χ4v) is 2.71. The number of carbonyl (C=O) groups excluding carboxylic acids is 1. The first-order valence-electron chi connectivity index (χ1n) is 6.83. The fourth-order valence-electron chi connectivity index (χ4n) is 1.76. The highest BCUT2D eigenvalue weighted by atomic mass is 32.2. The molecular weight excluding hydrogens is 320 g/mol. The van der Waals surface area contributed by atoms with E-state index < -0.39 is 16.1 Å². The van der Waals surface area contributed by atoms with Crippen LogP contribution in [0.25, 0.3) is 0 Å². The molecule has 0 radical (unpaired) electrons. The van der Waals surface area contributed by atoms with Gasteiger partial charge in [0.1, 0.15) is 16.2 Å². The Morgan fingerprint density at radius 3 is 2.26 bits per heavy atom. The van der Waals surface area contributed by atoms with Gasteiger partial charge in [0.2, 0.25) is 0 Å². The van der Waals surface area contributed by atoms with Crippen LogP contribution in [0.5, 0.6) is 11.5 Å². The zero-order valence-corrected chi connectivity index (χ0v) is 13.4. The lowest BCUT2D eigenvalue weighted by atomic mass is 10.2. The van der Waals surface area contributed by atoms with Gasteiger partial charge >= 0.3 is 16.1 Å². The number of benzene rings is 2. The molecule has 1 N–H and O–H groups in total. The molecule has 6 nitrogen and oxygen atoms in total. The van der Waals surface area contributed by atoms with Crippen molar-refractivity contribution in [3.8, 4) is 11.5 Å². The largest absolute Gasteiger partial charge is 0.508 e. The molecule has 0 atom stereocenters. The van der Waals surface area contributed by atoms with Gasteiger partial charge in [-0.1, -0.05) is 12.1 Å². The quantitative estimate of drug-likeness (QED) is 0.667. The van der Waals surface area contributed by atoms with Crippen molar-refractivity contribution in [1.82, 2.24) is 0 Å². The van der Waals surface area contributed by atoms with E-state index in [1.54, 1.807) is 26.0 Å². The lowest BCUT2D eigenvalue weighted by molar-refractivity contribution is 0.0376. The number of para-hydroxylation sites is 1. The minimum atomic E-state index is -4.13. The molecular formula is C16H16O6S. The van der Waals surface area contributed by atoms with E-state index in [2.05, 4.69) is 0 Å². The number of rotatable bonds is 5. The van der Waals surface area contributed by atoms with Crippen molar-refractivity contribution in [2.45, 2.75) is 24.8 Å². The molecule has 2 rings (SSSR count). The van der Waals surface area contributed by atoms with Gasteiger partial charge in [-0.3, -0.25) is 0 Å². The maximum atomic E-state index is 12.3. The van der Waals surface area contributed by atoms with Crippen molar-refractivity contribution in [2.24, 2.45) is 0 Å². The van der Waals surface area contributed by atoms with Crippen LogP contribution in [0.1, 0.15) is 24.2 Å². The number of aromatic hydroxyl groups is 1. The molecule has 0 amide bonds. The monoisotopic (exact) mass is 336 g/mol. The van der Waals surface area contributed by atoms with Crippen LogP contribution in [0.4, 0.5) is 0 Å². The molecule has 0 aromatic heterocycles. The summed E-state index contributed by atoms with van der Waals surface area (Å²) >= 11 is 0. The molecule has 122 valence electrons. The summed E-state index contributed by atoms with van der Waals surface area (Å²) in [4.78, 5) is 11.9. The fraction of sp³-hybridized carbons (Fsp3) is 0.188. The Morgan fingerprint density at radius 2 is 1.65 bits per heavy atom. The first kappa shape index (κ1) is 16.8. The van der Waals surface area contributed by atoms with E-state index in [1.165, 1.54) is 36.4 Å². The third kappa shape index (κ3) is 4.23. The van der Waals surface area contributed by atoms with Crippen molar-refractivity contribution in [3.05, 3.63) is 54.1 Å². The highest BCUT2D eigenvalue weighted by Crippen LogP contribution is 2.24. The SMILES string of the molecule is CC(C)OC(=O)c1ccccc1OS(=O)(=O)c1ccc(O)cc1. The molecule has 0 aliphatic rings. The topological polar surface area (TPSA) is 89.9 Å². The van der Waals surface area contributed by atoms with Gasteiger partial charge in [-0.2, -0.15) is 8.42 Å². The van der Waals surface area contributed by atoms with Gasteiger partial charge in [0, 0.05) is 0 Å². The molecule has 2 aromatic rings. The highest BCUT2D eigenvalue weighted by molar-refractivity contribution is 7.87. The number of carbonyl (C=O) groups is 1. The maximum Gasteiger partial charge on any atom is 0.342 e. The van der Waals surface area contributed by atoms with E-state index in [0.29, 0.717) is 0 Å². The molecule has 0 saturated carbocycles. The van der Waals surface area contributed by atoms with Crippen molar-refractivity contribution in [1.29, 1.82) is 0 Å². The van der Waals surface area contributed by atoms with E-state index in [9.17, 15) is 18.3 Å². The van der Waals surface area contributed by atoms with Crippen molar-refractivity contribution in [3.63, 3.8) is 0 Å². The average Bonchev–Trinajstić information content (AvgIpc) is 2.47. The number of hydrogen-bond acceptors (Lipinski definition) is 6. The third-order valence-corrected chi connectivity index (χ3v) is 4.02. The van der Waals surface area contributed by atoms with Crippen LogP contribution >= 0.6 is 0 Å². The molecule has 23 heavy (non-hydrogen) atoms. The van der Waals surface area contributed by atoms with Gasteiger partial charge in [0.15, 0.2) is 5.75 Å². The average molecular weight is 336 g/mol. The number of phenolic OH excluding ortho intramolecular Hbond substituents is 1. The molecule has 0 unspecified atom stereocenters. The van der Waals surface area contributed by atoms with E-state index >= 15 is 0 Å². The first-order valence-corrected chi connectivity index (χ1v) is 8.24. The van der Waals surface area contributed by atoms with Gasteiger partial charge in [0.05, 0.1) is 6.10 Å². The lowest BCUT2D eigenvalue weighted by Crippen LogP contribution is -2.15. The Morgan fingerprint density at radius 1 is 1.04 bits per heavy atom. The number of esters is 1. The Balaban J connectivity index is 2.33. The molecule has 0 aliphatic carbocycles. The summed E-state index contributed by atoms with van der Waals surface area (Å²) < 4.78 is 34.6. The maximum absolute atomic E-state index is 12.3. The van der Waals surface area contributed by atoms with Crippen molar-refractivity contribution < 1.29 is 27.2 Å². The normalized spacial score (nSPS) is 11.3. The standard InChI is InChI=1S/C16H16O6S/c1-11(2)21-16(18)14-5-3-4-6-15(14)22-23(19,20)13-9-7-12(17)8-10-13/h3-11,17H,1-2H3. The van der Waals surface area contributed by atoms with Gasteiger partial charge < -0.3 is 14.0 Å². The third-order valence-electron chi connectivity index (χ3n) is 2.77. The van der Waals surface area contributed by atoms with Crippen LogP contribution in [0.15, 0.2) is 53.4 Å². The summed E-state index contributed by atoms with van der Waals surface area (Å²) in [5.41, 5.74) is 0.0172. The number of ether oxygens (including phenoxy) is 1. The van der Waals surface area contributed by atoms with Gasteiger partial charge in [-0.05, 0) is 50.2 Å². The second kappa shape index (κ2) is 6.70. The molecule has 0 bridgehead atoms. The van der Waals surface area contributed by atoms with Crippen LogP contribution in [-0.2, 0) is 14.9 Å². The van der Waals surface area contributed by atoms with Gasteiger partial charge in [-0.25, -0.2) is 4.79 Å². The molecule has 0 fully saturated rings. The van der Waals surface area contributed by atoms with Crippen LogP contribution in [-0.4, -0.2) is 25.6 Å². The van der Waals surface area contributed by atoms with Gasteiger partial charge in [-0.15, -0.1) is 0 Å². The summed E-state index contributed by atoms with van der Waals surface area (Å²) in [6.07, 6.45) is -0.343. The smallest absolute Gasteiger partial charge is 0.342 e. The van der Waals surface area contributed by atoms with E-state index in [-0.39, 0.29) is 28.1 Å². The molecule has 0 aliphatic heterocycles. The lowest BCUT2D eigenvalue weighted by Gasteiger charge is -2.12. The zero-order valence-electron chi connectivity index (χ0n) is 12.6. The molecule has 2 aromatic carbocycles. The number of phenols is 1. The van der Waals surface area contributed by atoms with Crippen LogP contribution in [0.2, 0.25) is 0 Å². The van der Waals surface area contributed by atoms with E-state index in [0.717, 1.165) is 0 Å². The summed E-state index contributed by atoms with van der Waals surface area (Å²) in [5.74, 6) is -0.854. The van der Waals surface area contributed by atoms with E-state index in [4.69, 9.17) is 8.92 Å². The number of hydrogen-bond donors (Lipinski definition) is 1. The summed E-state index contributed by atoms with van der Waals surface area (Å²) in [6, 6.07) is 10.8. The minimum absolute atomic E-state index is 0.0172. The van der Waals surface area contributed by atoms with Crippen molar-refractivity contribution in [2.75, 3.05) is 0 Å². The Hall–Kier alpha value is -2.54. The molecule has 0 spiro atoms. The van der Waals surface area contributed by atoms with Gasteiger partial charge in [0.25, 0.3) is 0 Å². The van der Waals surface area contributed by atoms with Crippen LogP contribution in [0.3, 0.4) is 0 Å². The Labute approximate surface area is 134 Å². The molecule has 7 heteroatoms. The minimum Gasteiger partial charge on any atom is -0.508 e. The predicted octanol–water partition coefficient (Wildman–Crippen LogP) is 2.73. The highest BCUT2D eigenvalue weighted by Gasteiger charge is 2.22. The molecule has 0 heterocycles. The second-order valence-electron chi connectivity index (χ2n) is 4.98. The van der Waals surface area contributed by atoms with Crippen LogP contribution < -0.4 is 4.18 Å². The second-order valence-corrected chi connectivity index (χ2v) is 6.53. The summed E-state index contributed by atoms with van der Waals surface area (Å²) in [7, 11) is -4.13. The summed E-state index contributed by atoms with van der Waals surface area (Å²) in [5, 5.41) is 9.22.